The zero-order valence-corrected chi connectivity index (χ0v) is 13.9. The highest BCUT2D eigenvalue weighted by Crippen LogP contribution is 2.57. The molecule has 124 valence electrons. The third kappa shape index (κ3) is 2.70. The van der Waals surface area contributed by atoms with Crippen LogP contribution in [0.25, 0.3) is 0 Å². The Balaban J connectivity index is 1.64. The van der Waals surface area contributed by atoms with Crippen molar-refractivity contribution in [3.05, 3.63) is 0 Å². The van der Waals surface area contributed by atoms with E-state index in [1.54, 1.807) is 13.8 Å². The van der Waals surface area contributed by atoms with Crippen LogP contribution in [0.5, 0.6) is 0 Å². The maximum absolute atomic E-state index is 12.6. The van der Waals surface area contributed by atoms with Crippen LogP contribution < -0.4 is 5.32 Å². The summed E-state index contributed by atoms with van der Waals surface area (Å²) in [5, 5.41) is 2.80. The minimum atomic E-state index is -0.594. The molecule has 1 unspecified atom stereocenters. The number of hydrogen-bond donors (Lipinski definition) is 1. The van der Waals surface area contributed by atoms with E-state index in [0.29, 0.717) is 6.61 Å². The van der Waals surface area contributed by atoms with Gasteiger partial charge in [-0.2, -0.15) is 0 Å². The molecule has 0 saturated heterocycles. The predicted octanol–water partition coefficient (Wildman–Crippen LogP) is 2.55. The number of amides is 2. The molecule has 0 heterocycles. The Morgan fingerprint density at radius 2 is 1.68 bits per heavy atom. The summed E-state index contributed by atoms with van der Waals surface area (Å²) in [6.45, 7) is 3.79. The molecule has 0 aliphatic heterocycles. The van der Waals surface area contributed by atoms with Crippen LogP contribution >= 0.6 is 0 Å². The summed E-state index contributed by atoms with van der Waals surface area (Å²) in [5.74, 6) is 2.02. The molecular formula is C17H28N2O3. The van der Waals surface area contributed by atoms with Crippen LogP contribution in [0.1, 0.15) is 52.4 Å². The van der Waals surface area contributed by atoms with Crippen LogP contribution in [-0.2, 0) is 9.53 Å². The first-order chi connectivity index (χ1) is 10.4. The molecule has 4 rings (SSSR count). The summed E-state index contributed by atoms with van der Waals surface area (Å²) in [6, 6.07) is -0.730. The van der Waals surface area contributed by atoms with E-state index in [4.69, 9.17) is 4.74 Å². The third-order valence-electron chi connectivity index (χ3n) is 6.00. The standard InChI is InChI=1S/C17H28N2O3/c1-4-22-15(20)11(2)18-16(21)19(3)17-8-12-5-13(9-17)7-14(6-12)10-17/h11-14H,4-10H2,1-3H3,(H,18,21). The molecule has 0 spiro atoms. The Morgan fingerprint density at radius 3 is 2.14 bits per heavy atom. The summed E-state index contributed by atoms with van der Waals surface area (Å²) >= 11 is 0. The van der Waals surface area contributed by atoms with Crippen molar-refractivity contribution in [1.29, 1.82) is 0 Å². The Kier molecular flexibility index (Phi) is 4.08. The topological polar surface area (TPSA) is 58.6 Å². The van der Waals surface area contributed by atoms with Gasteiger partial charge in [-0.25, -0.2) is 9.59 Å². The lowest BCUT2D eigenvalue weighted by Crippen LogP contribution is -2.62. The summed E-state index contributed by atoms with van der Waals surface area (Å²) < 4.78 is 4.96. The highest BCUT2D eigenvalue weighted by Gasteiger charge is 2.53. The summed E-state index contributed by atoms with van der Waals surface area (Å²) in [5.41, 5.74) is 0.0210. The van der Waals surface area contributed by atoms with Crippen molar-refractivity contribution in [1.82, 2.24) is 10.2 Å². The van der Waals surface area contributed by atoms with Crippen LogP contribution in [0.4, 0.5) is 4.79 Å². The second-order valence-corrected chi connectivity index (χ2v) is 7.62. The van der Waals surface area contributed by atoms with E-state index < -0.39 is 6.04 Å². The Labute approximate surface area is 132 Å². The first-order valence-electron chi connectivity index (χ1n) is 8.64. The fourth-order valence-corrected chi connectivity index (χ4v) is 5.30. The number of carbonyl (C=O) groups is 2. The maximum Gasteiger partial charge on any atom is 0.328 e. The van der Waals surface area contributed by atoms with Crippen LogP contribution in [0.2, 0.25) is 0 Å². The Hall–Kier alpha value is -1.26. The van der Waals surface area contributed by atoms with E-state index in [1.807, 2.05) is 11.9 Å². The summed E-state index contributed by atoms with van der Waals surface area (Å²) in [7, 11) is 1.90. The van der Waals surface area contributed by atoms with Crippen LogP contribution in [0.15, 0.2) is 0 Å². The quantitative estimate of drug-likeness (QED) is 0.812. The van der Waals surface area contributed by atoms with Crippen molar-refractivity contribution in [3.63, 3.8) is 0 Å². The van der Waals surface area contributed by atoms with Gasteiger partial charge in [-0.3, -0.25) is 0 Å². The van der Waals surface area contributed by atoms with Gasteiger partial charge in [0.2, 0.25) is 0 Å². The Morgan fingerprint density at radius 1 is 1.18 bits per heavy atom. The first-order valence-corrected chi connectivity index (χ1v) is 8.64. The second-order valence-electron chi connectivity index (χ2n) is 7.62. The van der Waals surface area contributed by atoms with Gasteiger partial charge in [0.1, 0.15) is 6.04 Å². The summed E-state index contributed by atoms with van der Waals surface area (Å²) in [4.78, 5) is 26.2. The van der Waals surface area contributed by atoms with E-state index >= 15 is 0 Å². The number of nitrogens with zero attached hydrogens (tertiary/aromatic N) is 1. The number of nitrogens with one attached hydrogen (secondary N) is 1. The van der Waals surface area contributed by atoms with E-state index in [1.165, 1.54) is 19.3 Å². The fourth-order valence-electron chi connectivity index (χ4n) is 5.30. The van der Waals surface area contributed by atoms with Crippen molar-refractivity contribution >= 4 is 12.0 Å². The molecule has 5 heteroatoms. The number of carbonyl (C=O) groups excluding carboxylic acids is 2. The van der Waals surface area contributed by atoms with Crippen LogP contribution in [0, 0.1) is 17.8 Å². The van der Waals surface area contributed by atoms with Gasteiger partial charge in [0.25, 0.3) is 0 Å². The van der Waals surface area contributed by atoms with Gasteiger partial charge in [0.15, 0.2) is 0 Å². The number of urea groups is 1. The molecule has 0 aromatic heterocycles. The van der Waals surface area contributed by atoms with Crippen molar-refractivity contribution in [3.8, 4) is 0 Å². The van der Waals surface area contributed by atoms with Crippen molar-refractivity contribution in [2.45, 2.75) is 64.0 Å². The predicted molar refractivity (Wildman–Crippen MR) is 83.3 cm³/mol. The lowest BCUT2D eigenvalue weighted by atomic mass is 9.52. The van der Waals surface area contributed by atoms with Crippen molar-refractivity contribution in [2.24, 2.45) is 17.8 Å². The van der Waals surface area contributed by atoms with Crippen LogP contribution in [-0.4, -0.2) is 42.1 Å². The molecule has 4 saturated carbocycles. The van der Waals surface area contributed by atoms with Gasteiger partial charge in [0.05, 0.1) is 6.61 Å². The molecule has 2 amide bonds. The number of esters is 1. The second kappa shape index (κ2) is 5.74. The number of ether oxygens (including phenoxy) is 1. The molecule has 0 aromatic rings. The minimum Gasteiger partial charge on any atom is -0.464 e. The number of hydrogen-bond acceptors (Lipinski definition) is 3. The third-order valence-corrected chi connectivity index (χ3v) is 6.00. The molecule has 1 atom stereocenters. The number of rotatable bonds is 4. The van der Waals surface area contributed by atoms with Crippen LogP contribution in [0.3, 0.4) is 0 Å². The van der Waals surface area contributed by atoms with Gasteiger partial charge in [-0.05, 0) is 70.1 Å². The highest BCUT2D eigenvalue weighted by molar-refractivity contribution is 5.83. The summed E-state index contributed by atoms with van der Waals surface area (Å²) in [6.07, 6.45) is 7.47. The van der Waals surface area contributed by atoms with E-state index in [2.05, 4.69) is 5.32 Å². The zero-order valence-electron chi connectivity index (χ0n) is 13.9. The first kappa shape index (κ1) is 15.6. The lowest BCUT2D eigenvalue weighted by molar-refractivity contribution is -0.145. The van der Waals surface area contributed by atoms with Gasteiger partial charge >= 0.3 is 12.0 Å². The normalized spacial score (nSPS) is 36.8. The van der Waals surface area contributed by atoms with E-state index in [0.717, 1.165) is 37.0 Å². The minimum absolute atomic E-state index is 0.0210. The SMILES string of the molecule is CCOC(=O)C(C)NC(=O)N(C)C12CC3CC(CC(C3)C1)C2. The molecular weight excluding hydrogens is 280 g/mol. The molecule has 4 aliphatic carbocycles. The van der Waals surface area contributed by atoms with Gasteiger partial charge in [-0.15, -0.1) is 0 Å². The fraction of sp³-hybridized carbons (Fsp3) is 0.882. The van der Waals surface area contributed by atoms with E-state index in [-0.39, 0.29) is 17.5 Å². The smallest absolute Gasteiger partial charge is 0.328 e. The molecule has 5 nitrogen and oxygen atoms in total. The van der Waals surface area contributed by atoms with Gasteiger partial charge < -0.3 is 15.0 Å². The lowest BCUT2D eigenvalue weighted by Gasteiger charge is -2.59. The van der Waals surface area contributed by atoms with Gasteiger partial charge in [-0.1, -0.05) is 0 Å². The highest BCUT2D eigenvalue weighted by atomic mass is 16.5. The average molecular weight is 308 g/mol. The molecule has 22 heavy (non-hydrogen) atoms. The molecule has 0 aromatic carbocycles. The molecule has 4 bridgehead atoms. The molecule has 1 N–H and O–H groups in total. The molecule has 4 fully saturated rings. The van der Waals surface area contributed by atoms with Gasteiger partial charge in [0, 0.05) is 12.6 Å². The molecule has 4 aliphatic rings. The average Bonchev–Trinajstić information content (AvgIpc) is 2.45. The van der Waals surface area contributed by atoms with Crippen molar-refractivity contribution < 1.29 is 14.3 Å². The van der Waals surface area contributed by atoms with E-state index in [9.17, 15) is 9.59 Å². The Bertz CT molecular complexity index is 428. The monoisotopic (exact) mass is 308 g/mol. The largest absolute Gasteiger partial charge is 0.464 e. The van der Waals surface area contributed by atoms with Crippen molar-refractivity contribution in [2.75, 3.05) is 13.7 Å². The maximum atomic E-state index is 12.6. The molecule has 0 radical (unpaired) electrons. The zero-order chi connectivity index (χ0) is 15.9.